The molecule has 11 heteroatoms. The average Bonchev–Trinajstić information content (AvgIpc) is 3.24. The van der Waals surface area contributed by atoms with Crippen molar-refractivity contribution in [2.45, 2.75) is 13.5 Å². The number of fused-ring (bicyclic) bond motifs is 1. The number of aryl methyl sites for hydroxylation is 1. The summed E-state index contributed by atoms with van der Waals surface area (Å²) in [6.07, 6.45) is 3.24. The van der Waals surface area contributed by atoms with Crippen LogP contribution in [0.15, 0.2) is 53.6 Å². The van der Waals surface area contributed by atoms with Crippen LogP contribution in [0.3, 0.4) is 0 Å². The number of nitrogens with one attached hydrogen (secondary N) is 1. The molecule has 0 saturated carbocycles. The van der Waals surface area contributed by atoms with Crippen molar-refractivity contribution in [3.63, 3.8) is 0 Å². The number of benzene rings is 1. The molecule has 4 aromatic rings. The lowest BCUT2D eigenvalue weighted by molar-refractivity contribution is 0.208. The van der Waals surface area contributed by atoms with Gasteiger partial charge in [0.25, 0.3) is 5.56 Å². The SMILES string of the molecule is CNCCN(C)C(=O)n1nc(Cn2ccc(C)c(Oc3cc(Cl)cc(C#N)c3)c2=O)c2cccnc21. The molecule has 0 aliphatic carbocycles. The van der Waals surface area contributed by atoms with Gasteiger partial charge < -0.3 is 19.5 Å². The summed E-state index contributed by atoms with van der Waals surface area (Å²) < 4.78 is 8.58. The number of pyridine rings is 2. The maximum absolute atomic E-state index is 13.3. The smallest absolute Gasteiger partial charge is 0.346 e. The summed E-state index contributed by atoms with van der Waals surface area (Å²) >= 11 is 6.08. The second-order valence-electron chi connectivity index (χ2n) is 8.19. The zero-order valence-electron chi connectivity index (χ0n) is 20.0. The van der Waals surface area contributed by atoms with Gasteiger partial charge in [-0.1, -0.05) is 11.6 Å². The highest BCUT2D eigenvalue weighted by molar-refractivity contribution is 6.30. The Morgan fingerprint density at radius 2 is 2.11 bits per heavy atom. The fraction of sp³-hybridized carbons (Fsp3) is 0.240. The number of carbonyl (C=O) groups is 1. The minimum absolute atomic E-state index is 0.0944. The van der Waals surface area contributed by atoms with E-state index in [0.29, 0.717) is 46.0 Å². The molecule has 1 aromatic carbocycles. The number of ether oxygens (including phenoxy) is 1. The van der Waals surface area contributed by atoms with Gasteiger partial charge in [0.1, 0.15) is 5.75 Å². The topological polar surface area (TPSA) is 118 Å². The first kappa shape index (κ1) is 24.9. The predicted octanol–water partition coefficient (Wildman–Crippen LogP) is 3.39. The van der Waals surface area contributed by atoms with Crippen LogP contribution in [0.5, 0.6) is 11.5 Å². The molecule has 0 bridgehead atoms. The van der Waals surface area contributed by atoms with E-state index in [4.69, 9.17) is 16.3 Å². The maximum Gasteiger partial charge on any atom is 0.346 e. The van der Waals surface area contributed by atoms with Crippen molar-refractivity contribution in [1.82, 2.24) is 29.5 Å². The van der Waals surface area contributed by atoms with Gasteiger partial charge in [0.05, 0.1) is 23.9 Å². The lowest BCUT2D eigenvalue weighted by atomic mass is 10.2. The Bertz CT molecular complexity index is 1540. The standard InChI is InChI=1S/C25H24ClN7O3/c1-16-6-9-32(24(34)22(16)36-19-12-17(14-27)11-18(26)13-19)15-21-20-5-4-7-29-23(20)33(30-21)25(35)31(3)10-8-28-2/h4-7,9,11-13,28H,8,10,15H2,1-3H3. The number of nitriles is 1. The van der Waals surface area contributed by atoms with Crippen LogP contribution in [0, 0.1) is 18.3 Å². The molecule has 1 amide bonds. The molecule has 1 N–H and O–H groups in total. The Morgan fingerprint density at radius 1 is 1.31 bits per heavy atom. The number of likely N-dealkylation sites (N-methyl/N-ethyl adjacent to an activating group) is 2. The fourth-order valence-electron chi connectivity index (χ4n) is 3.66. The van der Waals surface area contributed by atoms with Crippen LogP contribution >= 0.6 is 11.6 Å². The molecule has 3 aromatic heterocycles. The minimum Gasteiger partial charge on any atom is -0.451 e. The molecule has 0 atom stereocenters. The third-order valence-electron chi connectivity index (χ3n) is 5.58. The molecule has 36 heavy (non-hydrogen) atoms. The first-order valence-electron chi connectivity index (χ1n) is 11.1. The average molecular weight is 506 g/mol. The number of nitrogens with zero attached hydrogens (tertiary/aromatic N) is 6. The third kappa shape index (κ3) is 5.07. The summed E-state index contributed by atoms with van der Waals surface area (Å²) in [6.45, 7) is 2.97. The number of halogens is 1. The zero-order chi connectivity index (χ0) is 25.8. The van der Waals surface area contributed by atoms with Crippen LogP contribution in [0.1, 0.15) is 16.8 Å². The summed E-state index contributed by atoms with van der Waals surface area (Å²) in [5.41, 5.74) is 1.47. The van der Waals surface area contributed by atoms with Crippen molar-refractivity contribution < 1.29 is 9.53 Å². The molecule has 0 spiro atoms. The lowest BCUT2D eigenvalue weighted by Crippen LogP contribution is -2.36. The fourth-order valence-corrected chi connectivity index (χ4v) is 3.88. The molecular weight excluding hydrogens is 482 g/mol. The van der Waals surface area contributed by atoms with E-state index in [9.17, 15) is 14.9 Å². The van der Waals surface area contributed by atoms with E-state index in [1.165, 1.54) is 27.4 Å². The van der Waals surface area contributed by atoms with Gasteiger partial charge in [-0.15, -0.1) is 0 Å². The number of rotatable bonds is 7. The van der Waals surface area contributed by atoms with Gasteiger partial charge in [-0.2, -0.15) is 15.0 Å². The van der Waals surface area contributed by atoms with Crippen molar-refractivity contribution >= 4 is 28.7 Å². The van der Waals surface area contributed by atoms with E-state index in [1.54, 1.807) is 43.4 Å². The molecular formula is C25H24ClN7O3. The molecule has 3 heterocycles. The van der Waals surface area contributed by atoms with Gasteiger partial charge in [-0.3, -0.25) is 4.79 Å². The monoisotopic (exact) mass is 505 g/mol. The van der Waals surface area contributed by atoms with Crippen molar-refractivity contribution in [3.05, 3.63) is 81.0 Å². The van der Waals surface area contributed by atoms with Gasteiger partial charge >= 0.3 is 6.03 Å². The molecule has 0 fully saturated rings. The van der Waals surface area contributed by atoms with E-state index in [0.717, 1.165) is 0 Å². The normalized spacial score (nSPS) is 10.9. The Kier molecular flexibility index (Phi) is 7.33. The molecule has 0 aliphatic rings. The van der Waals surface area contributed by atoms with Crippen LogP contribution < -0.4 is 15.6 Å². The minimum atomic E-state index is -0.391. The van der Waals surface area contributed by atoms with Crippen molar-refractivity contribution in [3.8, 4) is 17.6 Å². The van der Waals surface area contributed by atoms with Gasteiger partial charge in [-0.05, 0) is 55.9 Å². The van der Waals surface area contributed by atoms with E-state index in [1.807, 2.05) is 19.2 Å². The quantitative estimate of drug-likeness (QED) is 0.409. The van der Waals surface area contributed by atoms with Crippen molar-refractivity contribution in [1.29, 1.82) is 5.26 Å². The van der Waals surface area contributed by atoms with Gasteiger partial charge in [0.2, 0.25) is 0 Å². The van der Waals surface area contributed by atoms with Crippen molar-refractivity contribution in [2.24, 2.45) is 0 Å². The Balaban J connectivity index is 1.70. The Morgan fingerprint density at radius 3 is 2.86 bits per heavy atom. The highest BCUT2D eigenvalue weighted by Gasteiger charge is 2.20. The highest BCUT2D eigenvalue weighted by atomic mass is 35.5. The van der Waals surface area contributed by atoms with Gasteiger partial charge in [0.15, 0.2) is 11.4 Å². The van der Waals surface area contributed by atoms with Crippen LogP contribution in [-0.4, -0.2) is 57.4 Å². The summed E-state index contributed by atoms with van der Waals surface area (Å²) in [6, 6.07) is 11.6. The van der Waals surface area contributed by atoms with Crippen LogP contribution in [0.4, 0.5) is 4.79 Å². The van der Waals surface area contributed by atoms with Crippen LogP contribution in [0.25, 0.3) is 11.0 Å². The van der Waals surface area contributed by atoms with Crippen molar-refractivity contribution in [2.75, 3.05) is 27.2 Å². The van der Waals surface area contributed by atoms with E-state index in [2.05, 4.69) is 15.4 Å². The zero-order valence-corrected chi connectivity index (χ0v) is 20.8. The number of hydrogen-bond acceptors (Lipinski definition) is 7. The Labute approximate surface area is 212 Å². The van der Waals surface area contributed by atoms with E-state index >= 15 is 0 Å². The van der Waals surface area contributed by atoms with Gasteiger partial charge in [-0.25, -0.2) is 9.78 Å². The predicted molar refractivity (Wildman–Crippen MR) is 136 cm³/mol. The summed E-state index contributed by atoms with van der Waals surface area (Å²) in [4.78, 5) is 32.3. The van der Waals surface area contributed by atoms with Crippen LogP contribution in [0.2, 0.25) is 5.02 Å². The number of amides is 1. The summed E-state index contributed by atoms with van der Waals surface area (Å²) in [5.74, 6) is 0.388. The number of carbonyl (C=O) groups excluding carboxylic acids is 1. The Hall–Kier alpha value is -4.20. The molecule has 0 aliphatic heterocycles. The van der Waals surface area contributed by atoms with E-state index in [-0.39, 0.29) is 24.1 Å². The molecule has 0 unspecified atom stereocenters. The molecule has 4 rings (SSSR count). The summed E-state index contributed by atoms with van der Waals surface area (Å²) in [5, 5.41) is 17.7. The molecule has 0 radical (unpaired) electrons. The first-order chi connectivity index (χ1) is 17.3. The molecule has 184 valence electrons. The van der Waals surface area contributed by atoms with E-state index < -0.39 is 5.56 Å². The number of hydrogen-bond donors (Lipinski definition) is 1. The molecule has 0 saturated heterocycles. The second kappa shape index (κ2) is 10.6. The second-order valence-corrected chi connectivity index (χ2v) is 8.63. The lowest BCUT2D eigenvalue weighted by Gasteiger charge is -2.16. The highest BCUT2D eigenvalue weighted by Crippen LogP contribution is 2.26. The van der Waals surface area contributed by atoms with Gasteiger partial charge in [0, 0.05) is 42.9 Å². The first-order valence-corrected chi connectivity index (χ1v) is 11.5. The summed E-state index contributed by atoms with van der Waals surface area (Å²) in [7, 11) is 3.50. The third-order valence-corrected chi connectivity index (χ3v) is 5.80. The number of aromatic nitrogens is 4. The molecule has 10 nitrogen and oxygen atoms in total. The largest absolute Gasteiger partial charge is 0.451 e. The van der Waals surface area contributed by atoms with Crippen LogP contribution in [-0.2, 0) is 6.54 Å². The maximum atomic E-state index is 13.3.